The quantitative estimate of drug-likeness (QED) is 0.111. The molecular weight excluding hydrogens is 602 g/mol. The molecule has 0 aromatic heterocycles. The number of carboxylic acid groups (broad SMARTS) is 1. The van der Waals surface area contributed by atoms with Crippen LogP contribution in [0.25, 0.3) is 0 Å². The molecule has 16 heteroatoms. The number of alkyl carbamates (subject to hydrolysis) is 1. The van der Waals surface area contributed by atoms with Gasteiger partial charge < -0.3 is 31.1 Å². The number of thiol groups is 1. The van der Waals surface area contributed by atoms with Crippen molar-refractivity contribution >= 4 is 52.4 Å². The fraction of sp³-hybridized carbons (Fsp3) is 0.593. The zero-order valence-electron chi connectivity index (χ0n) is 24.8. The lowest BCUT2D eigenvalue weighted by molar-refractivity contribution is -0.137. The van der Waals surface area contributed by atoms with Gasteiger partial charge in [-0.1, -0.05) is 39.8 Å². The summed E-state index contributed by atoms with van der Waals surface area (Å²) >= 11 is 4.17. The summed E-state index contributed by atoms with van der Waals surface area (Å²) in [6, 6.07) is 2.46. The Morgan fingerprint density at radius 1 is 0.884 bits per heavy atom. The molecule has 0 spiro atoms. The summed E-state index contributed by atoms with van der Waals surface area (Å²) in [5, 5.41) is 24.4. The van der Waals surface area contributed by atoms with Crippen LogP contribution in [0.5, 0.6) is 0 Å². The lowest BCUT2D eigenvalue weighted by atomic mass is 10.0. The second-order valence-corrected chi connectivity index (χ2v) is 12.7. The standard InChI is InChI=1S/C27H43N5O9S2/c1-16(2)13-21(30-25(36)20(9-10-23(33)34)32-27(38)41-14-17(3)4)26(37)31-22(15-42)24(35)29-12-11-18-5-7-19(8-6-18)43(28,39)40/h5-8,16-17,20-22,42H,9-15H2,1-4H3,(H,29,35)(H,30,36)(H,31,37)(H,32,38)(H,33,34)(H2,28,39,40)/t20-,21-,22-/m0/s1. The molecule has 242 valence electrons. The van der Waals surface area contributed by atoms with Crippen LogP contribution in [0.3, 0.4) is 0 Å². The van der Waals surface area contributed by atoms with Gasteiger partial charge in [-0.2, -0.15) is 12.6 Å². The Morgan fingerprint density at radius 3 is 1.98 bits per heavy atom. The van der Waals surface area contributed by atoms with Crippen LogP contribution < -0.4 is 26.4 Å². The van der Waals surface area contributed by atoms with Gasteiger partial charge >= 0.3 is 12.1 Å². The highest BCUT2D eigenvalue weighted by atomic mass is 32.2. The number of nitrogens with two attached hydrogens (primary N) is 1. The second kappa shape index (κ2) is 18.3. The average molecular weight is 646 g/mol. The average Bonchev–Trinajstić information content (AvgIpc) is 2.91. The van der Waals surface area contributed by atoms with Crippen molar-refractivity contribution in [3.8, 4) is 0 Å². The number of benzene rings is 1. The van der Waals surface area contributed by atoms with E-state index in [1.165, 1.54) is 12.1 Å². The van der Waals surface area contributed by atoms with Gasteiger partial charge in [-0.25, -0.2) is 18.4 Å². The Bertz CT molecular complexity index is 1210. The molecule has 1 aromatic carbocycles. The molecule has 0 bridgehead atoms. The van der Waals surface area contributed by atoms with E-state index in [0.717, 1.165) is 5.56 Å². The molecular formula is C27H43N5O9S2. The first-order valence-electron chi connectivity index (χ1n) is 13.8. The van der Waals surface area contributed by atoms with Gasteiger partial charge in [-0.15, -0.1) is 0 Å². The summed E-state index contributed by atoms with van der Waals surface area (Å²) in [5.74, 6) is -3.19. The van der Waals surface area contributed by atoms with Crippen molar-refractivity contribution < 1.29 is 42.2 Å². The van der Waals surface area contributed by atoms with Crippen LogP contribution in [0.15, 0.2) is 29.2 Å². The smallest absolute Gasteiger partial charge is 0.407 e. The molecule has 0 fully saturated rings. The van der Waals surface area contributed by atoms with Crippen molar-refractivity contribution in [2.75, 3.05) is 18.9 Å². The van der Waals surface area contributed by atoms with Crippen LogP contribution in [-0.2, 0) is 40.4 Å². The lowest BCUT2D eigenvalue weighted by Gasteiger charge is -2.25. The van der Waals surface area contributed by atoms with Crippen molar-refractivity contribution in [1.29, 1.82) is 0 Å². The number of primary sulfonamides is 1. The van der Waals surface area contributed by atoms with Gasteiger partial charge in [-0.3, -0.25) is 19.2 Å². The third-order valence-corrected chi connectivity index (χ3v) is 7.22. The van der Waals surface area contributed by atoms with Gasteiger partial charge in [0.15, 0.2) is 0 Å². The fourth-order valence-corrected chi connectivity index (χ4v) is 4.48. The van der Waals surface area contributed by atoms with Crippen LogP contribution in [0.4, 0.5) is 4.79 Å². The van der Waals surface area contributed by atoms with E-state index in [1.54, 1.807) is 12.1 Å². The summed E-state index contributed by atoms with van der Waals surface area (Å²) < 4.78 is 27.8. The predicted molar refractivity (Wildman–Crippen MR) is 162 cm³/mol. The van der Waals surface area contributed by atoms with Gasteiger partial charge in [0.25, 0.3) is 0 Å². The van der Waals surface area contributed by atoms with E-state index < -0.39 is 64.4 Å². The molecule has 0 radical (unpaired) electrons. The minimum absolute atomic E-state index is 0.0313. The molecule has 43 heavy (non-hydrogen) atoms. The summed E-state index contributed by atoms with van der Waals surface area (Å²) in [6.07, 6.45) is -0.977. The van der Waals surface area contributed by atoms with Crippen molar-refractivity contribution in [1.82, 2.24) is 21.3 Å². The number of carbonyl (C=O) groups is 5. The molecule has 0 saturated heterocycles. The molecule has 0 aliphatic carbocycles. The van der Waals surface area contributed by atoms with Crippen LogP contribution in [0, 0.1) is 11.8 Å². The molecule has 1 aromatic rings. The molecule has 4 amide bonds. The molecule has 1 rings (SSSR count). The summed E-state index contributed by atoms with van der Waals surface area (Å²) in [5.41, 5.74) is 0.748. The molecule has 3 atom stereocenters. The first-order valence-corrected chi connectivity index (χ1v) is 16.0. The van der Waals surface area contributed by atoms with Crippen LogP contribution in [0.2, 0.25) is 0 Å². The zero-order valence-corrected chi connectivity index (χ0v) is 26.5. The molecule has 0 aliphatic rings. The van der Waals surface area contributed by atoms with Gasteiger partial charge in [0.2, 0.25) is 27.7 Å². The Hall–Kier alpha value is -3.37. The number of rotatable bonds is 18. The normalized spacial score (nSPS) is 13.5. The van der Waals surface area contributed by atoms with Gasteiger partial charge in [0.1, 0.15) is 18.1 Å². The van der Waals surface area contributed by atoms with Gasteiger partial charge in [-0.05, 0) is 48.8 Å². The van der Waals surface area contributed by atoms with Crippen molar-refractivity contribution in [3.05, 3.63) is 29.8 Å². The van der Waals surface area contributed by atoms with E-state index in [0.29, 0.717) is 6.42 Å². The van der Waals surface area contributed by atoms with E-state index in [-0.39, 0.29) is 48.5 Å². The number of ether oxygens (including phenoxy) is 1. The first-order chi connectivity index (χ1) is 20.0. The van der Waals surface area contributed by atoms with Crippen molar-refractivity contribution in [3.63, 3.8) is 0 Å². The van der Waals surface area contributed by atoms with Crippen LogP contribution in [-0.4, -0.2) is 80.3 Å². The summed E-state index contributed by atoms with van der Waals surface area (Å²) in [7, 11) is -3.82. The Morgan fingerprint density at radius 2 is 1.47 bits per heavy atom. The number of hydrogen-bond donors (Lipinski definition) is 7. The van der Waals surface area contributed by atoms with E-state index in [4.69, 9.17) is 15.0 Å². The Kier molecular flexibility index (Phi) is 16.1. The number of nitrogens with one attached hydrogen (secondary N) is 4. The molecule has 0 aliphatic heterocycles. The van der Waals surface area contributed by atoms with E-state index in [9.17, 15) is 32.4 Å². The molecule has 0 saturated carbocycles. The predicted octanol–water partition coefficient (Wildman–Crippen LogP) is 0.554. The Labute approximate surface area is 257 Å². The van der Waals surface area contributed by atoms with Gasteiger partial charge in [0.05, 0.1) is 11.5 Å². The minimum atomic E-state index is -3.82. The molecule has 7 N–H and O–H groups in total. The van der Waals surface area contributed by atoms with E-state index >= 15 is 0 Å². The maximum Gasteiger partial charge on any atom is 0.407 e. The largest absolute Gasteiger partial charge is 0.481 e. The second-order valence-electron chi connectivity index (χ2n) is 10.8. The third-order valence-electron chi connectivity index (χ3n) is 5.92. The summed E-state index contributed by atoms with van der Waals surface area (Å²) in [6.45, 7) is 7.58. The van der Waals surface area contributed by atoms with Crippen molar-refractivity contribution in [2.45, 2.75) is 76.4 Å². The fourth-order valence-electron chi connectivity index (χ4n) is 3.70. The lowest BCUT2D eigenvalue weighted by Crippen LogP contribution is -2.57. The Balaban J connectivity index is 2.86. The zero-order chi connectivity index (χ0) is 32.7. The van der Waals surface area contributed by atoms with E-state index in [1.807, 2.05) is 27.7 Å². The monoisotopic (exact) mass is 645 g/mol. The number of carbonyl (C=O) groups excluding carboxylic acids is 4. The summed E-state index contributed by atoms with van der Waals surface area (Å²) in [4.78, 5) is 62.3. The number of aliphatic carboxylic acids is 1. The number of hydrogen-bond acceptors (Lipinski definition) is 9. The van der Waals surface area contributed by atoms with Crippen LogP contribution >= 0.6 is 12.6 Å². The minimum Gasteiger partial charge on any atom is -0.481 e. The highest BCUT2D eigenvalue weighted by Crippen LogP contribution is 2.10. The number of carboxylic acids is 1. The number of amides is 4. The van der Waals surface area contributed by atoms with Gasteiger partial charge in [0, 0.05) is 18.7 Å². The third kappa shape index (κ3) is 15.1. The first kappa shape index (κ1) is 37.7. The SMILES string of the molecule is CC(C)COC(=O)N[C@@H](CCC(=O)O)C(=O)N[C@@H](CC(C)C)C(=O)N[C@@H](CS)C(=O)NCCc1ccc(S(N)(=O)=O)cc1. The highest BCUT2D eigenvalue weighted by molar-refractivity contribution is 7.89. The van der Waals surface area contributed by atoms with Crippen LogP contribution in [0.1, 0.15) is 52.5 Å². The topological polar surface area (TPSA) is 223 Å². The van der Waals surface area contributed by atoms with E-state index in [2.05, 4.69) is 33.9 Å². The van der Waals surface area contributed by atoms with Crippen molar-refractivity contribution in [2.24, 2.45) is 17.0 Å². The molecule has 0 heterocycles. The molecule has 0 unspecified atom stereocenters. The highest BCUT2D eigenvalue weighted by Gasteiger charge is 2.30. The molecule has 14 nitrogen and oxygen atoms in total. The maximum absolute atomic E-state index is 13.2. The number of sulfonamides is 1. The maximum atomic E-state index is 13.2.